The molecule has 8 atom stereocenters. The molecule has 0 radical (unpaired) electrons. The van der Waals surface area contributed by atoms with Gasteiger partial charge in [0, 0.05) is 105 Å². The van der Waals surface area contributed by atoms with Crippen molar-refractivity contribution in [1.82, 2.24) is 40.6 Å². The highest BCUT2D eigenvalue weighted by atomic mass is 35.5. The monoisotopic (exact) mass is 1120 g/mol. The zero-order valence-electron chi connectivity index (χ0n) is 44.6. The summed E-state index contributed by atoms with van der Waals surface area (Å²) >= 11 is 7.71. The predicted octanol–water partition coefficient (Wildman–Crippen LogP) is 4.54. The highest BCUT2D eigenvalue weighted by Gasteiger charge is 2.47. The van der Waals surface area contributed by atoms with Gasteiger partial charge in [0.1, 0.15) is 47.8 Å². The van der Waals surface area contributed by atoms with Crippen LogP contribution in [0.3, 0.4) is 0 Å². The third-order valence-corrected chi connectivity index (χ3v) is 16.0. The van der Waals surface area contributed by atoms with Crippen molar-refractivity contribution in [2.45, 2.75) is 88.3 Å². The number of thioether (sulfide) groups is 1. The Morgan fingerprint density at radius 2 is 1.63 bits per heavy atom. The highest BCUT2D eigenvalue weighted by Crippen LogP contribution is 2.30. The molecule has 3 aliphatic rings. The number of Topliss-reactive ketones (excluding diaryl/α,β-unsaturated/α-hetero) is 1. The first-order valence-electron chi connectivity index (χ1n) is 26.3. The summed E-state index contributed by atoms with van der Waals surface area (Å²) in [7, 11) is 5.27. The number of anilines is 2. The molecule has 5 N–H and O–H groups in total. The van der Waals surface area contributed by atoms with Crippen LogP contribution in [-0.2, 0) is 44.7 Å². The first kappa shape index (κ1) is 57.4. The number of ether oxygens (including phenoxy) is 1. The van der Waals surface area contributed by atoms with Crippen molar-refractivity contribution in [3.05, 3.63) is 125 Å². The number of rotatable bonds is 13. The topological polar surface area (TPSA) is 253 Å². The smallest absolute Gasteiger partial charge is 0.333 e. The van der Waals surface area contributed by atoms with Gasteiger partial charge in [0.15, 0.2) is 11.7 Å². The van der Waals surface area contributed by atoms with Gasteiger partial charge >= 0.3 is 5.97 Å². The van der Waals surface area contributed by atoms with Crippen molar-refractivity contribution in [2.24, 2.45) is 5.92 Å². The fourth-order valence-electron chi connectivity index (χ4n) is 10.2. The van der Waals surface area contributed by atoms with E-state index in [0.29, 0.717) is 29.3 Å². The van der Waals surface area contributed by atoms with Gasteiger partial charge in [0.25, 0.3) is 5.91 Å². The molecule has 2 aromatic heterocycles. The number of pyridine rings is 2. The van der Waals surface area contributed by atoms with Crippen molar-refractivity contribution in [1.29, 1.82) is 0 Å². The summed E-state index contributed by atoms with van der Waals surface area (Å²) in [6.45, 7) is 3.46. The highest BCUT2D eigenvalue weighted by molar-refractivity contribution is 7.99. The molecule has 5 aromatic rings. The van der Waals surface area contributed by atoms with Crippen molar-refractivity contribution >= 4 is 92.8 Å². The van der Waals surface area contributed by atoms with Gasteiger partial charge < -0.3 is 50.7 Å². The van der Waals surface area contributed by atoms with Crippen LogP contribution in [-0.4, -0.2) is 166 Å². The van der Waals surface area contributed by atoms with Crippen LogP contribution in [0.4, 0.5) is 11.4 Å². The molecule has 3 saturated heterocycles. The average Bonchev–Trinajstić information content (AvgIpc) is 4.00. The lowest BCUT2D eigenvalue weighted by Gasteiger charge is -2.42. The lowest BCUT2D eigenvalue weighted by atomic mass is 9.90. The molecule has 3 aromatic carbocycles. The number of fused-ring (bicyclic) bond motifs is 3. The van der Waals surface area contributed by atoms with Gasteiger partial charge in [-0.2, -0.15) is 11.8 Å². The van der Waals surface area contributed by atoms with E-state index in [9.17, 15) is 29.1 Å². The molecule has 0 aliphatic carbocycles. The van der Waals surface area contributed by atoms with Gasteiger partial charge in [-0.05, 0) is 85.8 Å². The van der Waals surface area contributed by atoms with E-state index in [1.165, 1.54) is 58.8 Å². The van der Waals surface area contributed by atoms with Crippen LogP contribution in [0.1, 0.15) is 67.2 Å². The number of piperidine rings is 1. The first-order valence-corrected chi connectivity index (χ1v) is 27.8. The summed E-state index contributed by atoms with van der Waals surface area (Å²) in [6, 6.07) is 17.2. The number of likely N-dealkylation sites (N-methyl/N-ethyl adjacent to an activating group) is 1. The number of aromatic hydroxyl groups is 1. The van der Waals surface area contributed by atoms with Crippen LogP contribution in [0.5, 0.6) is 5.75 Å². The molecule has 3 aliphatic heterocycles. The molecule has 5 heterocycles. The summed E-state index contributed by atoms with van der Waals surface area (Å²) in [6.07, 6.45) is 1.71. The molecule has 79 heavy (non-hydrogen) atoms. The van der Waals surface area contributed by atoms with E-state index < -0.39 is 108 Å². The Labute approximate surface area is 467 Å². The number of amides is 6. The average molecular weight is 1120 g/mol. The molecular weight excluding hydrogens is 1050 g/mol. The fourth-order valence-corrected chi connectivity index (χ4v) is 11.3. The van der Waals surface area contributed by atoms with E-state index in [4.69, 9.17) is 16.3 Å². The Morgan fingerprint density at radius 1 is 0.873 bits per heavy atom. The second-order valence-electron chi connectivity index (χ2n) is 20.1. The molecule has 20 nitrogen and oxygen atoms in total. The third-order valence-electron chi connectivity index (χ3n) is 14.6. The largest absolute Gasteiger partial charge is 0.505 e. The molecule has 0 spiro atoms. The number of aromatic nitrogens is 2. The van der Waals surface area contributed by atoms with Crippen molar-refractivity contribution in [3.63, 3.8) is 0 Å². The van der Waals surface area contributed by atoms with Crippen LogP contribution in [0.15, 0.2) is 103 Å². The second kappa shape index (κ2) is 25.8. The van der Waals surface area contributed by atoms with Gasteiger partial charge in [-0.15, -0.1) is 0 Å². The molecule has 6 amide bonds. The number of nitrogens with zero attached hydrogens (tertiary/aromatic N) is 6. The summed E-state index contributed by atoms with van der Waals surface area (Å²) in [5, 5.41) is 23.4. The van der Waals surface area contributed by atoms with Gasteiger partial charge in [-0.25, -0.2) is 9.78 Å². The summed E-state index contributed by atoms with van der Waals surface area (Å²) < 4.78 is 5.97. The van der Waals surface area contributed by atoms with Crippen molar-refractivity contribution in [3.8, 4) is 5.75 Å². The van der Waals surface area contributed by atoms with E-state index in [0.717, 1.165) is 22.3 Å². The Balaban J connectivity index is 1.15. The van der Waals surface area contributed by atoms with E-state index in [2.05, 4.69) is 31.2 Å². The number of cyclic esters (lactones) is 1. The van der Waals surface area contributed by atoms with Crippen LogP contribution in [0.25, 0.3) is 10.9 Å². The Kier molecular flexibility index (Phi) is 18.7. The maximum atomic E-state index is 15.7. The maximum absolute atomic E-state index is 15.7. The van der Waals surface area contributed by atoms with Crippen LogP contribution in [0.2, 0.25) is 5.02 Å². The van der Waals surface area contributed by atoms with E-state index >= 15 is 14.4 Å². The fraction of sp³-hybridized carbons (Fsp3) is 0.404. The predicted molar refractivity (Wildman–Crippen MR) is 299 cm³/mol. The van der Waals surface area contributed by atoms with Gasteiger partial charge in [0.05, 0.1) is 5.52 Å². The number of halogens is 1. The minimum Gasteiger partial charge on any atom is -0.505 e. The zero-order chi connectivity index (χ0) is 56.5. The van der Waals surface area contributed by atoms with Crippen LogP contribution >= 0.6 is 23.4 Å². The minimum absolute atomic E-state index is 0.0108. The summed E-state index contributed by atoms with van der Waals surface area (Å²) in [5.41, 5.74) is 2.98. The Morgan fingerprint density at radius 3 is 2.35 bits per heavy atom. The lowest BCUT2D eigenvalue weighted by molar-refractivity contribution is -0.157. The Hall–Kier alpha value is -7.78. The number of hydrogen-bond acceptors (Lipinski definition) is 15. The van der Waals surface area contributed by atoms with Crippen molar-refractivity contribution in [2.75, 3.05) is 62.5 Å². The van der Waals surface area contributed by atoms with Crippen LogP contribution in [0, 0.1) is 5.92 Å². The number of hydrogen-bond donors (Lipinski definition) is 5. The number of esters is 1. The molecule has 0 bridgehead atoms. The minimum atomic E-state index is -1.71. The van der Waals surface area contributed by atoms with Gasteiger partial charge in [-0.1, -0.05) is 61.0 Å². The molecule has 0 saturated carbocycles. The molecule has 416 valence electrons. The standard InChI is InChI=1S/C57H65ClN10O10S/c1-6-40-54(74)67-26-11-14-43(67)55(75)66(5)45(28-34-16-19-38(20-17-34)65(3)4)56(76)68-31-36(32-79-27-25-60-41-22-24-59-42-29-37(58)18-21-39(41)42)47(70)30-44(68)51(71)64-49(35-12-8-7-9-13-35)57(77)78-33(2)48(52(72)62-40)63-53(73)50-46(69)15-10-23-61-50/h7-10,12-13,15-24,29,33,36,40,43-45,48-49,69H,6,11,14,25-28,30-32H2,1-5H3,(H,59,60)(H,62,72)(H,63,73)(H,64,71)/t33-,36-,40-,43?,44?,45-,48-,49?/m0/s1. The van der Waals surface area contributed by atoms with E-state index in [-0.39, 0.29) is 49.5 Å². The first-order chi connectivity index (χ1) is 37.9. The van der Waals surface area contributed by atoms with Crippen molar-refractivity contribution < 1.29 is 48.2 Å². The number of nitrogens with one attached hydrogen (secondary N) is 4. The SMILES string of the molecule is CC[C@@H]1NC(=O)[C@@H](NC(=O)c2ncccc2O)[C@H](C)OC(=O)C(c2ccccc2)NC(=O)C2CC(=O)[C@H](CSCCNc3ccnc4cc(Cl)ccc34)CN2C(=O)[C@H](Cc2ccc(N(C)C)cc2)N(C)C(=O)C2CCCN2C1=O. The lowest BCUT2D eigenvalue weighted by Crippen LogP contribution is -2.63. The van der Waals surface area contributed by atoms with Gasteiger partial charge in [-0.3, -0.25) is 38.5 Å². The number of ketones is 1. The van der Waals surface area contributed by atoms with E-state index in [1.807, 2.05) is 55.4 Å². The molecular formula is C57H65ClN10O10S. The maximum Gasteiger partial charge on any atom is 0.333 e. The molecule has 8 rings (SSSR count). The third kappa shape index (κ3) is 13.4. The number of benzene rings is 3. The molecule has 3 fully saturated rings. The second-order valence-corrected chi connectivity index (χ2v) is 21.7. The number of carbonyl (C=O) groups excluding carboxylic acids is 8. The number of carbonyl (C=O) groups is 8. The van der Waals surface area contributed by atoms with E-state index in [1.54, 1.807) is 55.6 Å². The zero-order valence-corrected chi connectivity index (χ0v) is 46.2. The van der Waals surface area contributed by atoms with Crippen LogP contribution < -0.4 is 26.2 Å². The quantitative estimate of drug-likeness (QED) is 0.0802. The molecule has 3 unspecified atom stereocenters. The normalized spacial score (nSPS) is 23.6. The molecule has 22 heteroatoms. The Bertz CT molecular complexity index is 3080. The summed E-state index contributed by atoms with van der Waals surface area (Å²) in [5.74, 6) is -6.34. The summed E-state index contributed by atoms with van der Waals surface area (Å²) in [4.78, 5) is 132. The van der Waals surface area contributed by atoms with Gasteiger partial charge in [0.2, 0.25) is 29.5 Å².